The number of hydrogen-bond donors (Lipinski definition) is 1. The summed E-state index contributed by atoms with van der Waals surface area (Å²) < 4.78 is 10.4. The molecular weight excluding hydrogens is 506 g/mol. The fraction of sp³-hybridized carbons (Fsp3) is 0.296. The number of imidazole rings is 2. The Morgan fingerprint density at radius 2 is 2.05 bits per heavy atom. The molecule has 0 aliphatic heterocycles. The topological polar surface area (TPSA) is 108 Å². The molecule has 1 saturated carbocycles. The molecule has 0 spiro atoms. The van der Waals surface area contributed by atoms with Crippen molar-refractivity contribution in [1.82, 2.24) is 33.9 Å². The van der Waals surface area contributed by atoms with Crippen molar-refractivity contribution in [1.29, 1.82) is 0 Å². The van der Waals surface area contributed by atoms with E-state index in [-0.39, 0.29) is 24.8 Å². The molecule has 0 atom stereocenters. The number of fused-ring (bicyclic) bond motifs is 2. The number of aromatic nitrogens is 6. The van der Waals surface area contributed by atoms with Gasteiger partial charge < -0.3 is 18.9 Å². The smallest absolute Gasteiger partial charge is 0.305 e. The van der Waals surface area contributed by atoms with Crippen molar-refractivity contribution in [2.75, 3.05) is 7.11 Å². The van der Waals surface area contributed by atoms with Crippen molar-refractivity contribution in [3.63, 3.8) is 0 Å². The highest BCUT2D eigenvalue weighted by Gasteiger charge is 2.24. The summed E-state index contributed by atoms with van der Waals surface area (Å²) in [6.07, 6.45) is 12.1. The van der Waals surface area contributed by atoms with Gasteiger partial charge in [0.1, 0.15) is 5.65 Å². The lowest BCUT2D eigenvalue weighted by molar-refractivity contribution is -0.140. The number of carbonyl (C=O) groups excluding carboxylic acids is 2. The zero-order chi connectivity index (χ0) is 26.2. The Morgan fingerprint density at radius 3 is 2.87 bits per heavy atom. The lowest BCUT2D eigenvalue weighted by atomic mass is 10.1. The van der Waals surface area contributed by atoms with Crippen LogP contribution in [0.5, 0.6) is 0 Å². The molecule has 1 N–H and O–H groups in total. The molecule has 11 heteroatoms. The predicted octanol–water partition coefficient (Wildman–Crippen LogP) is 3.79. The van der Waals surface area contributed by atoms with Crippen LogP contribution in [0.25, 0.3) is 11.2 Å². The highest BCUT2D eigenvalue weighted by molar-refractivity contribution is 6.30. The maximum absolute atomic E-state index is 13.2. The minimum Gasteiger partial charge on any atom is -0.469 e. The maximum atomic E-state index is 13.2. The number of amides is 1. The Balaban J connectivity index is 1.23. The fourth-order valence-corrected chi connectivity index (χ4v) is 4.84. The van der Waals surface area contributed by atoms with E-state index in [0.717, 1.165) is 16.9 Å². The molecule has 10 nitrogen and oxygen atoms in total. The number of nitrogens with zero attached hydrogens (tertiary/aromatic N) is 6. The fourth-order valence-electron chi connectivity index (χ4n) is 4.68. The number of pyridine rings is 2. The minimum atomic E-state index is -0.356. The Labute approximate surface area is 223 Å². The Hall–Kier alpha value is -4.18. The van der Waals surface area contributed by atoms with E-state index in [1.807, 2.05) is 27.3 Å². The summed E-state index contributed by atoms with van der Waals surface area (Å²) >= 11 is 6.13. The SMILES string of the molecule is COC(=O)CCc1c(C(=O)NCc2ncn3ccc(Cl)cc23)cnn1Cc1cn2cc(C3CC3)ccc2n1. The molecule has 5 aromatic rings. The first-order valence-corrected chi connectivity index (χ1v) is 12.8. The van der Waals surface area contributed by atoms with Crippen LogP contribution in [0.3, 0.4) is 0 Å². The van der Waals surface area contributed by atoms with Gasteiger partial charge in [-0.3, -0.25) is 14.3 Å². The Kier molecular flexibility index (Phi) is 6.32. The van der Waals surface area contributed by atoms with Crippen LogP contribution in [0.15, 0.2) is 55.4 Å². The van der Waals surface area contributed by atoms with E-state index in [9.17, 15) is 9.59 Å². The lowest BCUT2D eigenvalue weighted by Crippen LogP contribution is -2.24. The third-order valence-corrected chi connectivity index (χ3v) is 7.10. The normalized spacial score (nSPS) is 13.3. The van der Waals surface area contributed by atoms with Crippen molar-refractivity contribution in [3.05, 3.63) is 88.6 Å². The van der Waals surface area contributed by atoms with Crippen molar-refractivity contribution in [3.8, 4) is 0 Å². The molecule has 1 aliphatic rings. The van der Waals surface area contributed by atoms with Gasteiger partial charge >= 0.3 is 5.97 Å². The molecule has 0 saturated heterocycles. The second-order valence-electron chi connectivity index (χ2n) is 9.48. The van der Waals surface area contributed by atoms with E-state index in [4.69, 9.17) is 21.3 Å². The molecule has 1 aliphatic carbocycles. The molecule has 0 unspecified atom stereocenters. The average Bonchev–Trinajstić information content (AvgIpc) is 3.40. The third kappa shape index (κ3) is 4.87. The van der Waals surface area contributed by atoms with E-state index >= 15 is 0 Å². The van der Waals surface area contributed by atoms with Gasteiger partial charge in [0.2, 0.25) is 0 Å². The van der Waals surface area contributed by atoms with Crippen LogP contribution in [0, 0.1) is 0 Å². The zero-order valence-electron chi connectivity index (χ0n) is 20.8. The van der Waals surface area contributed by atoms with Crippen molar-refractivity contribution in [2.24, 2.45) is 0 Å². The second-order valence-corrected chi connectivity index (χ2v) is 9.92. The number of carbonyl (C=O) groups is 2. The summed E-state index contributed by atoms with van der Waals surface area (Å²) in [6.45, 7) is 0.585. The zero-order valence-corrected chi connectivity index (χ0v) is 21.6. The molecule has 0 radical (unpaired) electrons. The van der Waals surface area contributed by atoms with Crippen LogP contribution in [-0.2, 0) is 29.0 Å². The highest BCUT2D eigenvalue weighted by atomic mass is 35.5. The Bertz CT molecular complexity index is 1660. The molecule has 1 amide bonds. The van der Waals surface area contributed by atoms with Crippen molar-refractivity contribution in [2.45, 2.75) is 44.7 Å². The van der Waals surface area contributed by atoms with E-state index in [2.05, 4.69) is 27.7 Å². The molecule has 5 heterocycles. The van der Waals surface area contributed by atoms with Gasteiger partial charge in [0.05, 0.1) is 67.3 Å². The quantitative estimate of drug-likeness (QED) is 0.290. The number of methoxy groups -OCH3 is 1. The van der Waals surface area contributed by atoms with E-state index in [0.29, 0.717) is 40.9 Å². The van der Waals surface area contributed by atoms with Crippen LogP contribution in [0.2, 0.25) is 5.02 Å². The third-order valence-electron chi connectivity index (χ3n) is 6.87. The van der Waals surface area contributed by atoms with E-state index in [1.54, 1.807) is 23.1 Å². The van der Waals surface area contributed by atoms with Gasteiger partial charge in [-0.15, -0.1) is 0 Å². The number of esters is 1. The summed E-state index contributed by atoms with van der Waals surface area (Å²) in [4.78, 5) is 34.3. The van der Waals surface area contributed by atoms with E-state index < -0.39 is 0 Å². The van der Waals surface area contributed by atoms with Gasteiger partial charge in [-0.1, -0.05) is 17.7 Å². The maximum Gasteiger partial charge on any atom is 0.305 e. The minimum absolute atomic E-state index is 0.128. The first-order valence-electron chi connectivity index (χ1n) is 12.5. The summed E-state index contributed by atoms with van der Waals surface area (Å²) in [5.74, 6) is -0.00585. The molecule has 6 rings (SSSR count). The van der Waals surface area contributed by atoms with Gasteiger partial charge in [-0.2, -0.15) is 5.10 Å². The largest absolute Gasteiger partial charge is 0.469 e. The van der Waals surface area contributed by atoms with Crippen molar-refractivity contribution < 1.29 is 14.3 Å². The van der Waals surface area contributed by atoms with Gasteiger partial charge in [0, 0.05) is 30.0 Å². The first-order chi connectivity index (χ1) is 18.5. The van der Waals surface area contributed by atoms with Crippen LogP contribution in [-0.4, -0.2) is 47.5 Å². The molecule has 0 aromatic carbocycles. The van der Waals surface area contributed by atoms with Gasteiger partial charge in [-0.05, 0) is 42.5 Å². The predicted molar refractivity (Wildman–Crippen MR) is 140 cm³/mol. The molecule has 1 fully saturated rings. The van der Waals surface area contributed by atoms with Gasteiger partial charge in [0.25, 0.3) is 5.91 Å². The molecule has 38 heavy (non-hydrogen) atoms. The second kappa shape index (κ2) is 9.94. The standard InChI is InChI=1S/C27H26ClN7O3/c1-38-26(36)7-5-23-21(27(37)29-12-22-24-10-19(28)8-9-33(24)16-30-22)11-31-35(23)15-20-14-34-13-18(17-2-3-17)4-6-25(34)32-20/h4,6,8-11,13-14,16-17H,2-3,5,7,12,15H2,1H3,(H,29,37). The van der Waals surface area contributed by atoms with Crippen LogP contribution < -0.4 is 5.32 Å². The summed E-state index contributed by atoms with van der Waals surface area (Å²) in [7, 11) is 1.35. The summed E-state index contributed by atoms with van der Waals surface area (Å²) in [6, 6.07) is 7.75. The van der Waals surface area contributed by atoms with Gasteiger partial charge in [0.15, 0.2) is 0 Å². The molecular formula is C27H26ClN7O3. The van der Waals surface area contributed by atoms with Crippen molar-refractivity contribution >= 4 is 34.6 Å². The summed E-state index contributed by atoms with van der Waals surface area (Å²) in [5, 5.41) is 8.01. The number of ether oxygens (including phenoxy) is 1. The Morgan fingerprint density at radius 1 is 1.18 bits per heavy atom. The highest BCUT2D eigenvalue weighted by Crippen LogP contribution is 2.39. The molecule has 5 aromatic heterocycles. The average molecular weight is 532 g/mol. The molecule has 194 valence electrons. The number of nitrogens with one attached hydrogen (secondary N) is 1. The number of halogens is 1. The van der Waals surface area contributed by atoms with Crippen LogP contribution >= 0.6 is 11.6 Å². The lowest BCUT2D eigenvalue weighted by Gasteiger charge is -2.09. The van der Waals surface area contributed by atoms with E-state index in [1.165, 1.54) is 31.7 Å². The van der Waals surface area contributed by atoms with Crippen LogP contribution in [0.1, 0.15) is 58.2 Å². The monoisotopic (exact) mass is 531 g/mol. The van der Waals surface area contributed by atoms with Crippen LogP contribution in [0.4, 0.5) is 0 Å². The summed E-state index contributed by atoms with van der Waals surface area (Å²) in [5.41, 5.74) is 5.55. The number of rotatable bonds is 9. The van der Waals surface area contributed by atoms with Gasteiger partial charge in [-0.25, -0.2) is 9.97 Å². The first kappa shape index (κ1) is 24.2. The molecule has 0 bridgehead atoms. The number of hydrogen-bond acceptors (Lipinski definition) is 6.